The maximum Gasteiger partial charge on any atom is 0.298 e. The average Bonchev–Trinajstić information content (AvgIpc) is 3.29. The van der Waals surface area contributed by atoms with Crippen LogP contribution in [0.15, 0.2) is 35.8 Å². The molecule has 1 aliphatic carbocycles. The van der Waals surface area contributed by atoms with Crippen LogP contribution in [-0.2, 0) is 0 Å². The molecule has 27 heavy (non-hydrogen) atoms. The molecule has 0 amide bonds. The summed E-state index contributed by atoms with van der Waals surface area (Å²) in [6.45, 7) is 0.753. The van der Waals surface area contributed by atoms with Crippen LogP contribution in [-0.4, -0.2) is 58.5 Å². The Morgan fingerprint density at radius 2 is 2.07 bits per heavy atom. The van der Waals surface area contributed by atoms with E-state index in [0.717, 1.165) is 38.0 Å². The highest BCUT2D eigenvalue weighted by molar-refractivity contribution is 5.46. The van der Waals surface area contributed by atoms with Crippen molar-refractivity contribution in [1.82, 2.24) is 34.7 Å². The van der Waals surface area contributed by atoms with Gasteiger partial charge in [-0.1, -0.05) is 5.21 Å². The number of aliphatic hydroxyl groups is 1. The zero-order chi connectivity index (χ0) is 18.4. The van der Waals surface area contributed by atoms with Crippen molar-refractivity contribution in [2.45, 2.75) is 37.8 Å². The van der Waals surface area contributed by atoms with Crippen LogP contribution in [0.1, 0.15) is 25.7 Å². The number of aromatic nitrogens is 7. The van der Waals surface area contributed by atoms with E-state index in [1.54, 1.807) is 12.4 Å². The second kappa shape index (κ2) is 6.31. The highest BCUT2D eigenvalue weighted by Gasteiger charge is 2.39. The number of H-pyrrole nitrogens is 1. The van der Waals surface area contributed by atoms with Gasteiger partial charge in [-0.15, -0.1) is 5.10 Å². The van der Waals surface area contributed by atoms with Gasteiger partial charge in [-0.05, 0) is 31.6 Å². The summed E-state index contributed by atoms with van der Waals surface area (Å²) in [5, 5.41) is 20.6. The first kappa shape index (κ1) is 16.2. The third kappa shape index (κ3) is 2.72. The van der Waals surface area contributed by atoms with Crippen LogP contribution in [0, 0.1) is 5.92 Å². The number of nitrogens with zero attached hydrogens (tertiary/aromatic N) is 7. The SMILES string of the molecule is O=c1c(-n2ccnn2)c[nH]n1-c1cc(N2CC[C@H](O)C[C@@H]3CCC32)ncn1. The van der Waals surface area contributed by atoms with Crippen molar-refractivity contribution in [2.75, 3.05) is 11.4 Å². The molecule has 3 aromatic rings. The second-order valence-electron chi connectivity index (χ2n) is 7.16. The van der Waals surface area contributed by atoms with Gasteiger partial charge in [0.15, 0.2) is 11.5 Å². The first-order chi connectivity index (χ1) is 13.2. The Balaban J connectivity index is 1.49. The number of nitrogens with one attached hydrogen (secondary N) is 1. The van der Waals surface area contributed by atoms with E-state index in [0.29, 0.717) is 23.5 Å². The molecule has 1 saturated carbocycles. The van der Waals surface area contributed by atoms with Gasteiger partial charge in [-0.3, -0.25) is 9.89 Å². The van der Waals surface area contributed by atoms with Crippen molar-refractivity contribution in [3.8, 4) is 11.5 Å². The molecule has 1 aliphatic heterocycles. The van der Waals surface area contributed by atoms with E-state index in [9.17, 15) is 9.90 Å². The Bertz CT molecular complexity index is 995. The van der Waals surface area contributed by atoms with Crippen molar-refractivity contribution >= 4 is 5.82 Å². The number of hydrogen-bond acceptors (Lipinski definition) is 7. The zero-order valence-electron chi connectivity index (χ0n) is 14.6. The molecule has 4 heterocycles. The Hall–Kier alpha value is -3.01. The number of aromatic amines is 1. The standard InChI is InChI=1S/C17H20N8O2/c26-12-3-5-23(13-2-1-11(13)7-12)15-8-16(19-10-18-15)25-17(27)14(9-21-25)24-6-4-20-22-24/h4,6,8-13,21,26H,1-3,5,7H2/t11-,12-,13?/m0/s1. The van der Waals surface area contributed by atoms with Crippen LogP contribution in [0.25, 0.3) is 11.5 Å². The summed E-state index contributed by atoms with van der Waals surface area (Å²) in [7, 11) is 0. The predicted octanol–water partition coefficient (Wildman–Crippen LogP) is 0.276. The molecule has 1 unspecified atom stereocenters. The first-order valence-corrected chi connectivity index (χ1v) is 9.15. The largest absolute Gasteiger partial charge is 0.393 e. The predicted molar refractivity (Wildman–Crippen MR) is 96.0 cm³/mol. The van der Waals surface area contributed by atoms with E-state index in [2.05, 4.69) is 30.3 Å². The van der Waals surface area contributed by atoms with Gasteiger partial charge in [0, 0.05) is 18.7 Å². The molecular formula is C17H20N8O2. The van der Waals surface area contributed by atoms with E-state index < -0.39 is 0 Å². The fraction of sp³-hybridized carbons (Fsp3) is 0.471. The van der Waals surface area contributed by atoms with Crippen LogP contribution < -0.4 is 10.5 Å². The Morgan fingerprint density at radius 1 is 1.19 bits per heavy atom. The van der Waals surface area contributed by atoms with E-state index in [1.165, 1.54) is 21.9 Å². The van der Waals surface area contributed by atoms with Gasteiger partial charge in [0.1, 0.15) is 12.1 Å². The summed E-state index contributed by atoms with van der Waals surface area (Å²) in [6, 6.07) is 2.21. The number of anilines is 1. The Labute approximate surface area is 154 Å². The molecule has 10 heteroatoms. The minimum atomic E-state index is -0.266. The molecule has 1 saturated heterocycles. The third-order valence-electron chi connectivity index (χ3n) is 5.64. The quantitative estimate of drug-likeness (QED) is 0.681. The van der Waals surface area contributed by atoms with Crippen molar-refractivity contribution in [2.24, 2.45) is 5.92 Å². The maximum absolute atomic E-state index is 12.7. The van der Waals surface area contributed by atoms with Gasteiger partial charge in [0.25, 0.3) is 5.56 Å². The molecule has 10 nitrogen and oxygen atoms in total. The fourth-order valence-corrected chi connectivity index (χ4v) is 4.09. The van der Waals surface area contributed by atoms with Gasteiger partial charge < -0.3 is 10.0 Å². The van der Waals surface area contributed by atoms with Crippen molar-refractivity contribution in [3.05, 3.63) is 41.3 Å². The third-order valence-corrected chi connectivity index (χ3v) is 5.64. The maximum atomic E-state index is 12.7. The minimum Gasteiger partial charge on any atom is -0.393 e. The van der Waals surface area contributed by atoms with E-state index in [-0.39, 0.29) is 11.7 Å². The summed E-state index contributed by atoms with van der Waals surface area (Å²) in [4.78, 5) is 23.7. The van der Waals surface area contributed by atoms with E-state index >= 15 is 0 Å². The second-order valence-corrected chi connectivity index (χ2v) is 7.16. The minimum absolute atomic E-state index is 0.250. The Morgan fingerprint density at radius 3 is 2.85 bits per heavy atom. The lowest BCUT2D eigenvalue weighted by Crippen LogP contribution is -2.46. The van der Waals surface area contributed by atoms with Crippen molar-refractivity contribution in [1.29, 1.82) is 0 Å². The molecule has 2 N–H and O–H groups in total. The molecule has 0 spiro atoms. The summed E-state index contributed by atoms with van der Waals surface area (Å²) in [5.74, 6) is 1.76. The van der Waals surface area contributed by atoms with Gasteiger partial charge >= 0.3 is 0 Å². The number of fused-ring (bicyclic) bond motifs is 1. The molecule has 3 atom stereocenters. The lowest BCUT2D eigenvalue weighted by molar-refractivity contribution is 0.118. The summed E-state index contributed by atoms with van der Waals surface area (Å²) in [6.07, 6.45) is 9.76. The van der Waals surface area contributed by atoms with Gasteiger partial charge in [-0.25, -0.2) is 14.6 Å². The topological polar surface area (TPSA) is 118 Å². The molecular weight excluding hydrogens is 348 g/mol. The number of aliphatic hydroxyl groups excluding tert-OH is 1. The first-order valence-electron chi connectivity index (χ1n) is 9.15. The van der Waals surface area contributed by atoms with Crippen LogP contribution in [0.3, 0.4) is 0 Å². The normalized spacial score (nSPS) is 24.9. The highest BCUT2D eigenvalue weighted by atomic mass is 16.3. The van der Waals surface area contributed by atoms with Gasteiger partial charge in [-0.2, -0.15) is 4.68 Å². The lowest BCUT2D eigenvalue weighted by Gasteiger charge is -2.43. The molecule has 5 rings (SSSR count). The molecule has 0 bridgehead atoms. The van der Waals surface area contributed by atoms with Crippen molar-refractivity contribution in [3.63, 3.8) is 0 Å². The van der Waals surface area contributed by atoms with E-state index in [1.807, 2.05) is 6.07 Å². The van der Waals surface area contributed by atoms with Gasteiger partial charge in [0.2, 0.25) is 0 Å². The highest BCUT2D eigenvalue weighted by Crippen LogP contribution is 2.40. The monoisotopic (exact) mass is 368 g/mol. The summed E-state index contributed by atoms with van der Waals surface area (Å²) < 4.78 is 2.78. The summed E-state index contributed by atoms with van der Waals surface area (Å²) >= 11 is 0. The molecule has 2 aliphatic rings. The smallest absolute Gasteiger partial charge is 0.298 e. The van der Waals surface area contributed by atoms with Gasteiger partial charge in [0.05, 0.1) is 24.7 Å². The van der Waals surface area contributed by atoms with Crippen LogP contribution in [0.5, 0.6) is 0 Å². The molecule has 0 aromatic carbocycles. The lowest BCUT2D eigenvalue weighted by atomic mass is 9.76. The molecule has 2 fully saturated rings. The molecule has 140 valence electrons. The van der Waals surface area contributed by atoms with Crippen LogP contribution in [0.2, 0.25) is 0 Å². The summed E-state index contributed by atoms with van der Waals surface area (Å²) in [5.41, 5.74) is 0.0996. The number of rotatable bonds is 3. The molecule has 3 aromatic heterocycles. The average molecular weight is 368 g/mol. The zero-order valence-corrected chi connectivity index (χ0v) is 14.6. The van der Waals surface area contributed by atoms with Crippen LogP contribution in [0.4, 0.5) is 5.82 Å². The Kier molecular flexibility index (Phi) is 3.78. The van der Waals surface area contributed by atoms with Crippen LogP contribution >= 0.6 is 0 Å². The number of hydrogen-bond donors (Lipinski definition) is 2. The van der Waals surface area contributed by atoms with E-state index in [4.69, 9.17) is 0 Å². The molecule has 0 radical (unpaired) electrons. The van der Waals surface area contributed by atoms with Crippen molar-refractivity contribution < 1.29 is 5.11 Å². The fourth-order valence-electron chi connectivity index (χ4n) is 4.09.